The summed E-state index contributed by atoms with van der Waals surface area (Å²) in [5, 5.41) is 3.27. The SMILES string of the molecule is C#CCNCC(C)N1CCCC(C)C1. The van der Waals surface area contributed by atoms with Crippen LogP contribution in [0.3, 0.4) is 0 Å². The van der Waals surface area contributed by atoms with Gasteiger partial charge >= 0.3 is 0 Å². The van der Waals surface area contributed by atoms with E-state index < -0.39 is 0 Å². The molecule has 14 heavy (non-hydrogen) atoms. The highest BCUT2D eigenvalue weighted by molar-refractivity contribution is 4.87. The third-order valence-electron chi connectivity index (χ3n) is 2.98. The lowest BCUT2D eigenvalue weighted by molar-refractivity contribution is 0.137. The smallest absolute Gasteiger partial charge is 0.0574 e. The fraction of sp³-hybridized carbons (Fsp3) is 0.833. The van der Waals surface area contributed by atoms with E-state index in [1.165, 1.54) is 25.9 Å². The fourth-order valence-corrected chi connectivity index (χ4v) is 2.11. The number of nitrogens with one attached hydrogen (secondary N) is 1. The molecule has 1 N–H and O–H groups in total. The molecule has 1 aliphatic heterocycles. The largest absolute Gasteiger partial charge is 0.305 e. The van der Waals surface area contributed by atoms with Gasteiger partial charge in [0.1, 0.15) is 0 Å². The molecule has 2 unspecified atom stereocenters. The van der Waals surface area contributed by atoms with E-state index in [1.807, 2.05) is 0 Å². The van der Waals surface area contributed by atoms with Gasteiger partial charge in [-0.2, -0.15) is 0 Å². The molecule has 0 aliphatic carbocycles. The molecular formula is C12H22N2. The maximum absolute atomic E-state index is 5.19. The number of rotatable bonds is 4. The van der Waals surface area contributed by atoms with Crippen molar-refractivity contribution in [3.05, 3.63) is 0 Å². The minimum atomic E-state index is 0.617. The van der Waals surface area contributed by atoms with Crippen molar-refractivity contribution in [1.82, 2.24) is 10.2 Å². The molecule has 0 saturated carbocycles. The van der Waals surface area contributed by atoms with Crippen LogP contribution in [0.1, 0.15) is 26.7 Å². The zero-order valence-electron chi connectivity index (χ0n) is 9.42. The van der Waals surface area contributed by atoms with E-state index in [0.717, 1.165) is 12.5 Å². The second-order valence-electron chi connectivity index (χ2n) is 4.43. The molecule has 2 nitrogen and oxygen atoms in total. The van der Waals surface area contributed by atoms with Gasteiger partial charge in [-0.25, -0.2) is 0 Å². The second kappa shape index (κ2) is 6.06. The average molecular weight is 194 g/mol. The summed E-state index contributed by atoms with van der Waals surface area (Å²) >= 11 is 0. The van der Waals surface area contributed by atoms with Crippen LogP contribution in [-0.4, -0.2) is 37.1 Å². The highest BCUT2D eigenvalue weighted by Crippen LogP contribution is 2.17. The van der Waals surface area contributed by atoms with Gasteiger partial charge in [-0.1, -0.05) is 12.8 Å². The van der Waals surface area contributed by atoms with Gasteiger partial charge in [0.25, 0.3) is 0 Å². The van der Waals surface area contributed by atoms with Gasteiger partial charge in [-0.3, -0.25) is 4.90 Å². The zero-order chi connectivity index (χ0) is 10.4. The first kappa shape index (κ1) is 11.6. The molecule has 1 saturated heterocycles. The Morgan fingerprint density at radius 3 is 3.07 bits per heavy atom. The zero-order valence-corrected chi connectivity index (χ0v) is 9.42. The van der Waals surface area contributed by atoms with Crippen LogP contribution in [0.25, 0.3) is 0 Å². The summed E-state index contributed by atoms with van der Waals surface area (Å²) in [4.78, 5) is 2.57. The van der Waals surface area contributed by atoms with E-state index in [-0.39, 0.29) is 0 Å². The summed E-state index contributed by atoms with van der Waals surface area (Å²) in [6, 6.07) is 0.617. The van der Waals surface area contributed by atoms with Crippen LogP contribution in [0, 0.1) is 18.3 Å². The highest BCUT2D eigenvalue weighted by atomic mass is 15.2. The Morgan fingerprint density at radius 1 is 1.64 bits per heavy atom. The normalized spacial score (nSPS) is 25.6. The summed E-state index contributed by atoms with van der Waals surface area (Å²) in [7, 11) is 0. The second-order valence-corrected chi connectivity index (χ2v) is 4.43. The van der Waals surface area contributed by atoms with Crippen molar-refractivity contribution >= 4 is 0 Å². The van der Waals surface area contributed by atoms with Crippen LogP contribution in [-0.2, 0) is 0 Å². The lowest BCUT2D eigenvalue weighted by atomic mass is 9.99. The van der Waals surface area contributed by atoms with Crippen LogP contribution in [0.5, 0.6) is 0 Å². The molecular weight excluding hydrogens is 172 g/mol. The third kappa shape index (κ3) is 3.69. The van der Waals surface area contributed by atoms with Gasteiger partial charge in [-0.15, -0.1) is 6.42 Å². The molecule has 0 bridgehead atoms. The van der Waals surface area contributed by atoms with Gasteiger partial charge in [-0.05, 0) is 32.2 Å². The molecule has 0 aromatic heterocycles. The van der Waals surface area contributed by atoms with E-state index >= 15 is 0 Å². The van der Waals surface area contributed by atoms with Crippen molar-refractivity contribution in [2.75, 3.05) is 26.2 Å². The van der Waals surface area contributed by atoms with Gasteiger partial charge in [0.2, 0.25) is 0 Å². The quantitative estimate of drug-likeness (QED) is 0.536. The Morgan fingerprint density at radius 2 is 2.43 bits per heavy atom. The first-order chi connectivity index (χ1) is 6.74. The number of piperidine rings is 1. The van der Waals surface area contributed by atoms with E-state index in [2.05, 4.69) is 30.0 Å². The molecule has 0 radical (unpaired) electrons. The summed E-state index contributed by atoms with van der Waals surface area (Å²) < 4.78 is 0. The summed E-state index contributed by atoms with van der Waals surface area (Å²) in [5.74, 6) is 3.47. The molecule has 1 rings (SSSR count). The first-order valence-electron chi connectivity index (χ1n) is 5.62. The minimum absolute atomic E-state index is 0.617. The Kier molecular flexibility index (Phi) is 5.00. The van der Waals surface area contributed by atoms with E-state index in [1.54, 1.807) is 0 Å². The first-order valence-corrected chi connectivity index (χ1v) is 5.62. The molecule has 2 heteroatoms. The lowest BCUT2D eigenvalue weighted by Crippen LogP contribution is -2.45. The highest BCUT2D eigenvalue weighted by Gasteiger charge is 2.20. The number of hydrogen-bond donors (Lipinski definition) is 1. The van der Waals surface area contributed by atoms with Crippen molar-refractivity contribution in [2.45, 2.75) is 32.7 Å². The van der Waals surface area contributed by atoms with Crippen LogP contribution in [0.4, 0.5) is 0 Å². The average Bonchev–Trinajstić information content (AvgIpc) is 2.18. The molecule has 0 aromatic rings. The van der Waals surface area contributed by atoms with Crippen LogP contribution < -0.4 is 5.32 Å². The Bertz CT molecular complexity index is 195. The summed E-state index contributed by atoms with van der Waals surface area (Å²) in [6.45, 7) is 8.82. The molecule has 1 fully saturated rings. The molecule has 0 amide bonds. The predicted molar refractivity (Wildman–Crippen MR) is 61.1 cm³/mol. The van der Waals surface area contributed by atoms with Crippen molar-refractivity contribution in [1.29, 1.82) is 0 Å². The lowest BCUT2D eigenvalue weighted by Gasteiger charge is -2.35. The topological polar surface area (TPSA) is 15.3 Å². The Balaban J connectivity index is 2.22. The summed E-state index contributed by atoms with van der Waals surface area (Å²) in [5.41, 5.74) is 0. The van der Waals surface area contributed by atoms with Crippen LogP contribution in [0.15, 0.2) is 0 Å². The maximum atomic E-state index is 5.19. The Labute approximate surface area is 88.1 Å². The van der Waals surface area contributed by atoms with Crippen LogP contribution in [0.2, 0.25) is 0 Å². The molecule has 80 valence electrons. The van der Waals surface area contributed by atoms with Gasteiger partial charge in [0, 0.05) is 19.1 Å². The van der Waals surface area contributed by atoms with Crippen molar-refractivity contribution < 1.29 is 0 Å². The van der Waals surface area contributed by atoms with Crippen molar-refractivity contribution in [2.24, 2.45) is 5.92 Å². The van der Waals surface area contributed by atoms with Gasteiger partial charge in [0.15, 0.2) is 0 Å². The number of likely N-dealkylation sites (tertiary alicyclic amines) is 1. The number of terminal acetylenes is 1. The predicted octanol–water partition coefficient (Wildman–Crippen LogP) is 1.33. The van der Waals surface area contributed by atoms with E-state index in [9.17, 15) is 0 Å². The molecule has 1 heterocycles. The molecule has 2 atom stereocenters. The Hall–Kier alpha value is -0.520. The van der Waals surface area contributed by atoms with E-state index in [4.69, 9.17) is 6.42 Å². The van der Waals surface area contributed by atoms with Crippen molar-refractivity contribution in [3.8, 4) is 12.3 Å². The molecule has 1 aliphatic rings. The fourth-order valence-electron chi connectivity index (χ4n) is 2.11. The maximum Gasteiger partial charge on any atom is 0.0574 e. The number of nitrogens with zero attached hydrogens (tertiary/aromatic N) is 1. The standard InChI is InChI=1S/C12H22N2/c1-4-7-13-9-12(3)14-8-5-6-11(2)10-14/h1,11-13H,5-10H2,2-3H3. The van der Waals surface area contributed by atoms with Crippen molar-refractivity contribution in [3.63, 3.8) is 0 Å². The monoisotopic (exact) mass is 194 g/mol. The van der Waals surface area contributed by atoms with Gasteiger partial charge in [0.05, 0.1) is 6.54 Å². The minimum Gasteiger partial charge on any atom is -0.305 e. The molecule has 0 spiro atoms. The van der Waals surface area contributed by atoms with Crippen LogP contribution >= 0.6 is 0 Å². The molecule has 0 aromatic carbocycles. The summed E-state index contributed by atoms with van der Waals surface area (Å²) in [6.07, 6.45) is 7.93. The third-order valence-corrected chi connectivity index (χ3v) is 2.98. The van der Waals surface area contributed by atoms with Gasteiger partial charge < -0.3 is 5.32 Å². The van der Waals surface area contributed by atoms with E-state index in [0.29, 0.717) is 12.6 Å². The number of hydrogen-bond acceptors (Lipinski definition) is 2.